The second-order valence-electron chi connectivity index (χ2n) is 6.28. The van der Waals surface area contributed by atoms with Crippen LogP contribution in [0.5, 0.6) is 0 Å². The van der Waals surface area contributed by atoms with Crippen molar-refractivity contribution < 1.29 is 18.7 Å². The number of rotatable bonds is 5. The lowest BCUT2D eigenvalue weighted by Crippen LogP contribution is -2.41. The third-order valence-corrected chi connectivity index (χ3v) is 5.86. The van der Waals surface area contributed by atoms with Crippen LogP contribution in [-0.4, -0.2) is 25.1 Å². The van der Waals surface area contributed by atoms with E-state index in [1.807, 2.05) is 6.07 Å². The van der Waals surface area contributed by atoms with Crippen molar-refractivity contribution in [3.8, 4) is 0 Å². The number of hydrogen-bond acceptors (Lipinski definition) is 4. The number of ketones is 1. The predicted molar refractivity (Wildman–Crippen MR) is 81.0 cm³/mol. The molecule has 3 atom stereocenters. The maximum absolute atomic E-state index is 12.6. The molecule has 1 saturated heterocycles. The van der Waals surface area contributed by atoms with Gasteiger partial charge in [0, 0.05) is 20.1 Å². The minimum Gasteiger partial charge on any atom is -0.465 e. The topological polar surface area (TPSA) is 48.7 Å². The van der Waals surface area contributed by atoms with Gasteiger partial charge in [0.25, 0.3) is 0 Å². The van der Waals surface area contributed by atoms with Crippen LogP contribution in [0.4, 0.5) is 0 Å². The van der Waals surface area contributed by atoms with Crippen LogP contribution in [-0.2, 0) is 14.3 Å². The summed E-state index contributed by atoms with van der Waals surface area (Å²) in [5, 5.41) is 0. The third-order valence-electron chi connectivity index (χ3n) is 5.20. The van der Waals surface area contributed by atoms with E-state index < -0.39 is 0 Å². The van der Waals surface area contributed by atoms with Crippen molar-refractivity contribution >= 4 is 21.7 Å². The molecule has 1 saturated carbocycles. The van der Waals surface area contributed by atoms with Gasteiger partial charge in [-0.1, -0.05) is 0 Å². The van der Waals surface area contributed by atoms with Crippen molar-refractivity contribution in [3.63, 3.8) is 0 Å². The van der Waals surface area contributed by atoms with Crippen LogP contribution in [0.25, 0.3) is 0 Å². The number of Topliss-reactive ketones (excluding diaryl/α,β-unsaturated/α-hetero) is 1. The van der Waals surface area contributed by atoms with Gasteiger partial charge in [0.2, 0.25) is 0 Å². The zero-order valence-electron chi connectivity index (χ0n) is 12.5. The number of furan rings is 1. The second-order valence-corrected chi connectivity index (χ2v) is 7.13. The van der Waals surface area contributed by atoms with Crippen LogP contribution in [0.1, 0.15) is 50.9 Å². The number of carbonyl (C=O) groups excluding carboxylic acids is 1. The van der Waals surface area contributed by atoms with Crippen LogP contribution in [0.2, 0.25) is 0 Å². The van der Waals surface area contributed by atoms with Crippen LogP contribution >= 0.6 is 15.9 Å². The summed E-state index contributed by atoms with van der Waals surface area (Å²) in [7, 11) is 1.70. The van der Waals surface area contributed by atoms with E-state index in [4.69, 9.17) is 13.9 Å². The van der Waals surface area contributed by atoms with Gasteiger partial charge in [-0.05, 0) is 54.6 Å². The molecule has 2 fully saturated rings. The molecule has 21 heavy (non-hydrogen) atoms. The number of methoxy groups -OCH3 is 1. The van der Waals surface area contributed by atoms with E-state index in [1.165, 1.54) is 0 Å². The lowest BCUT2D eigenvalue weighted by atomic mass is 9.70. The van der Waals surface area contributed by atoms with Crippen molar-refractivity contribution in [2.45, 2.75) is 50.7 Å². The van der Waals surface area contributed by atoms with E-state index in [0.717, 1.165) is 29.5 Å². The van der Waals surface area contributed by atoms with Gasteiger partial charge >= 0.3 is 0 Å². The molecule has 0 amide bonds. The molecule has 1 aliphatic carbocycles. The Morgan fingerprint density at radius 2 is 2.33 bits per heavy atom. The standard InChI is InChI=1S/C16H21BrO4/c1-15-7-4-13(18)16(15,6-3-8-19-2)10-12(21-15)14-11(17)5-9-20-14/h5,9,12H,3-4,6-8,10H2,1-2H3/t12-,15?,16-/m1/s1. The SMILES string of the molecule is COCCC[C@]12C[C@H](c3occc3Br)OC1(C)CCC2=O. The Bertz CT molecular complexity index is 540. The molecule has 2 aliphatic rings. The van der Waals surface area contributed by atoms with Gasteiger partial charge in [-0.3, -0.25) is 4.79 Å². The summed E-state index contributed by atoms with van der Waals surface area (Å²) in [6.45, 7) is 2.77. The molecule has 0 N–H and O–H groups in total. The van der Waals surface area contributed by atoms with Crippen LogP contribution in [0, 0.1) is 5.41 Å². The van der Waals surface area contributed by atoms with Crippen molar-refractivity contribution in [2.75, 3.05) is 13.7 Å². The highest BCUT2D eigenvalue weighted by atomic mass is 79.9. The molecule has 1 aromatic rings. The van der Waals surface area contributed by atoms with E-state index in [0.29, 0.717) is 25.2 Å². The first-order chi connectivity index (χ1) is 10.0. The number of carbonyl (C=O) groups is 1. The smallest absolute Gasteiger partial charge is 0.146 e. The molecule has 2 heterocycles. The van der Waals surface area contributed by atoms with Crippen LogP contribution in [0.3, 0.4) is 0 Å². The Morgan fingerprint density at radius 1 is 1.52 bits per heavy atom. The average Bonchev–Trinajstić information content (AvgIpc) is 3.05. The first-order valence-corrected chi connectivity index (χ1v) is 8.25. The van der Waals surface area contributed by atoms with Crippen molar-refractivity contribution in [3.05, 3.63) is 22.6 Å². The van der Waals surface area contributed by atoms with E-state index >= 15 is 0 Å². The summed E-state index contributed by atoms with van der Waals surface area (Å²) < 4.78 is 17.9. The number of halogens is 1. The fraction of sp³-hybridized carbons (Fsp3) is 0.688. The molecular formula is C16H21BrO4. The normalized spacial score (nSPS) is 35.4. The minimum absolute atomic E-state index is 0.147. The van der Waals surface area contributed by atoms with E-state index in [9.17, 15) is 4.79 Å². The molecule has 116 valence electrons. The summed E-state index contributed by atoms with van der Waals surface area (Å²) in [5.41, 5.74) is -0.767. The first kappa shape index (κ1) is 15.3. The highest BCUT2D eigenvalue weighted by molar-refractivity contribution is 9.10. The summed E-state index contributed by atoms with van der Waals surface area (Å²) in [6.07, 6.45) is 5.34. The Morgan fingerprint density at radius 3 is 3.00 bits per heavy atom. The lowest BCUT2D eigenvalue weighted by Gasteiger charge is -2.34. The van der Waals surface area contributed by atoms with Gasteiger partial charge in [-0.2, -0.15) is 0 Å². The van der Waals surface area contributed by atoms with Gasteiger partial charge in [0.1, 0.15) is 17.6 Å². The summed E-state index contributed by atoms with van der Waals surface area (Å²) >= 11 is 3.49. The largest absolute Gasteiger partial charge is 0.465 e. The van der Waals surface area contributed by atoms with Crippen LogP contribution < -0.4 is 0 Å². The highest BCUT2D eigenvalue weighted by Gasteiger charge is 2.64. The Balaban J connectivity index is 1.87. The van der Waals surface area contributed by atoms with Gasteiger partial charge < -0.3 is 13.9 Å². The monoisotopic (exact) mass is 356 g/mol. The quantitative estimate of drug-likeness (QED) is 0.747. The summed E-state index contributed by atoms with van der Waals surface area (Å²) in [5.74, 6) is 1.14. The maximum Gasteiger partial charge on any atom is 0.146 e. The maximum atomic E-state index is 12.6. The van der Waals surface area contributed by atoms with Crippen molar-refractivity contribution in [1.82, 2.24) is 0 Å². The second kappa shape index (κ2) is 5.52. The van der Waals surface area contributed by atoms with E-state index in [-0.39, 0.29) is 17.1 Å². The fourth-order valence-corrected chi connectivity index (χ4v) is 4.46. The molecule has 0 spiro atoms. The number of hydrogen-bond donors (Lipinski definition) is 0. The molecule has 0 aromatic carbocycles. The summed E-state index contributed by atoms with van der Waals surface area (Å²) in [6, 6.07) is 1.87. The number of fused-ring (bicyclic) bond motifs is 1. The third kappa shape index (κ3) is 2.30. The van der Waals surface area contributed by atoms with Crippen LogP contribution in [0.15, 0.2) is 21.2 Å². The van der Waals surface area contributed by atoms with Crippen molar-refractivity contribution in [2.24, 2.45) is 5.41 Å². The number of ether oxygens (including phenoxy) is 2. The first-order valence-electron chi connectivity index (χ1n) is 7.45. The molecule has 1 aromatic heterocycles. The highest BCUT2D eigenvalue weighted by Crippen LogP contribution is 2.61. The lowest BCUT2D eigenvalue weighted by molar-refractivity contribution is -0.131. The molecule has 1 unspecified atom stereocenters. The molecular weight excluding hydrogens is 336 g/mol. The van der Waals surface area contributed by atoms with E-state index in [2.05, 4.69) is 22.9 Å². The zero-order chi connectivity index (χ0) is 15.1. The summed E-state index contributed by atoms with van der Waals surface area (Å²) in [4.78, 5) is 12.6. The van der Waals surface area contributed by atoms with Gasteiger partial charge in [0.05, 0.1) is 21.8 Å². The van der Waals surface area contributed by atoms with Gasteiger partial charge in [-0.25, -0.2) is 0 Å². The molecule has 3 rings (SSSR count). The Labute approximate surface area is 133 Å². The Hall–Kier alpha value is -0.650. The zero-order valence-corrected chi connectivity index (χ0v) is 14.1. The van der Waals surface area contributed by atoms with E-state index in [1.54, 1.807) is 13.4 Å². The molecule has 0 radical (unpaired) electrons. The fourth-order valence-electron chi connectivity index (χ4n) is 4.00. The molecule has 4 nitrogen and oxygen atoms in total. The molecule has 1 aliphatic heterocycles. The Kier molecular flexibility index (Phi) is 4.01. The minimum atomic E-state index is -0.386. The van der Waals surface area contributed by atoms with Gasteiger partial charge in [0.15, 0.2) is 0 Å². The molecule has 5 heteroatoms. The van der Waals surface area contributed by atoms with Gasteiger partial charge in [-0.15, -0.1) is 0 Å². The molecule has 0 bridgehead atoms. The van der Waals surface area contributed by atoms with Crippen molar-refractivity contribution in [1.29, 1.82) is 0 Å². The predicted octanol–water partition coefficient (Wildman–Crippen LogP) is 4.04. The average molecular weight is 357 g/mol.